The third-order valence-corrected chi connectivity index (χ3v) is 3.66. The van der Waals surface area contributed by atoms with Crippen LogP contribution in [-0.2, 0) is 4.79 Å². The number of nitrogens with one attached hydrogen (secondary N) is 1. The van der Waals surface area contributed by atoms with Crippen molar-refractivity contribution in [3.63, 3.8) is 0 Å². The molecular formula is C18H17ClN2O2. The summed E-state index contributed by atoms with van der Waals surface area (Å²) in [5.74, 6) is 0.110. The van der Waals surface area contributed by atoms with E-state index in [2.05, 4.69) is 5.32 Å². The number of hydrogen-bond acceptors (Lipinski definition) is 3. The van der Waals surface area contributed by atoms with Crippen LogP contribution in [0.25, 0.3) is 0 Å². The van der Waals surface area contributed by atoms with Crippen LogP contribution in [0.3, 0.4) is 0 Å². The fourth-order valence-corrected chi connectivity index (χ4v) is 2.62. The van der Waals surface area contributed by atoms with Crippen LogP contribution in [0.1, 0.15) is 22.3 Å². The summed E-state index contributed by atoms with van der Waals surface area (Å²) in [4.78, 5) is 12.1. The quantitative estimate of drug-likeness (QED) is 0.916. The Hall–Kier alpha value is -2.51. The number of ether oxygens (including phenoxy) is 1. The summed E-state index contributed by atoms with van der Waals surface area (Å²) < 4.78 is 5.42. The lowest BCUT2D eigenvalue weighted by Crippen LogP contribution is -2.21. The third-order valence-electron chi connectivity index (χ3n) is 3.36. The van der Waals surface area contributed by atoms with E-state index in [1.807, 2.05) is 39.0 Å². The first kappa shape index (κ1) is 16.9. The Morgan fingerprint density at radius 2 is 1.87 bits per heavy atom. The number of aryl methyl sites for hydroxylation is 3. The Bertz CT molecular complexity index is 771. The second-order valence-electron chi connectivity index (χ2n) is 5.37. The van der Waals surface area contributed by atoms with E-state index < -0.39 is 0 Å². The lowest BCUT2D eigenvalue weighted by molar-refractivity contribution is -0.118. The average Bonchev–Trinajstić information content (AvgIpc) is 2.49. The van der Waals surface area contributed by atoms with Crippen molar-refractivity contribution in [2.24, 2.45) is 0 Å². The molecule has 0 saturated heterocycles. The molecule has 118 valence electrons. The largest absolute Gasteiger partial charge is 0.482 e. The van der Waals surface area contributed by atoms with Gasteiger partial charge in [0.2, 0.25) is 0 Å². The maximum atomic E-state index is 12.1. The number of nitriles is 1. The number of carbonyl (C=O) groups is 1. The van der Waals surface area contributed by atoms with Crippen LogP contribution in [0.2, 0.25) is 5.02 Å². The van der Waals surface area contributed by atoms with Crippen molar-refractivity contribution in [2.75, 3.05) is 11.9 Å². The SMILES string of the molecule is Cc1cc(C)c(NC(=O)COc2ccc(C#N)cc2Cl)c(C)c1. The van der Waals surface area contributed by atoms with E-state index in [4.69, 9.17) is 21.6 Å². The first-order valence-corrected chi connectivity index (χ1v) is 7.48. The van der Waals surface area contributed by atoms with Gasteiger partial charge in [0.05, 0.1) is 16.7 Å². The van der Waals surface area contributed by atoms with Gasteiger partial charge in [-0.15, -0.1) is 0 Å². The van der Waals surface area contributed by atoms with Crippen LogP contribution in [0.4, 0.5) is 5.69 Å². The number of anilines is 1. The van der Waals surface area contributed by atoms with E-state index >= 15 is 0 Å². The third kappa shape index (κ3) is 4.24. The fraction of sp³-hybridized carbons (Fsp3) is 0.222. The Labute approximate surface area is 140 Å². The van der Waals surface area contributed by atoms with Crippen LogP contribution in [0.5, 0.6) is 5.75 Å². The van der Waals surface area contributed by atoms with E-state index in [1.54, 1.807) is 12.1 Å². The molecule has 1 N–H and O–H groups in total. The van der Waals surface area contributed by atoms with Crippen molar-refractivity contribution in [2.45, 2.75) is 20.8 Å². The van der Waals surface area contributed by atoms with E-state index in [-0.39, 0.29) is 12.5 Å². The Morgan fingerprint density at radius 1 is 1.22 bits per heavy atom. The van der Waals surface area contributed by atoms with Gasteiger partial charge in [0.15, 0.2) is 6.61 Å². The second kappa shape index (κ2) is 7.17. The molecule has 23 heavy (non-hydrogen) atoms. The Balaban J connectivity index is 2.03. The zero-order valence-corrected chi connectivity index (χ0v) is 14.0. The first-order chi connectivity index (χ1) is 10.9. The monoisotopic (exact) mass is 328 g/mol. The highest BCUT2D eigenvalue weighted by Gasteiger charge is 2.10. The molecule has 0 saturated carbocycles. The summed E-state index contributed by atoms with van der Waals surface area (Å²) in [6.07, 6.45) is 0. The van der Waals surface area contributed by atoms with Crippen molar-refractivity contribution >= 4 is 23.2 Å². The van der Waals surface area contributed by atoms with Crippen LogP contribution < -0.4 is 10.1 Å². The lowest BCUT2D eigenvalue weighted by Gasteiger charge is -2.13. The summed E-state index contributed by atoms with van der Waals surface area (Å²) in [6.45, 7) is 5.77. The van der Waals surface area contributed by atoms with Gasteiger partial charge in [-0.3, -0.25) is 4.79 Å². The molecule has 0 atom stereocenters. The maximum absolute atomic E-state index is 12.1. The number of nitrogens with zero attached hydrogens (tertiary/aromatic N) is 1. The summed E-state index contributed by atoms with van der Waals surface area (Å²) in [5.41, 5.74) is 4.41. The van der Waals surface area contributed by atoms with Gasteiger partial charge >= 0.3 is 0 Å². The van der Waals surface area contributed by atoms with E-state index in [9.17, 15) is 4.79 Å². The number of hydrogen-bond donors (Lipinski definition) is 1. The van der Waals surface area contributed by atoms with Gasteiger partial charge in [0, 0.05) is 5.69 Å². The molecule has 2 rings (SSSR count). The molecule has 5 heteroatoms. The van der Waals surface area contributed by atoms with Crippen molar-refractivity contribution in [3.05, 3.63) is 57.6 Å². The van der Waals surface area contributed by atoms with Crippen molar-refractivity contribution in [3.8, 4) is 11.8 Å². The highest BCUT2D eigenvalue weighted by atomic mass is 35.5. The molecule has 4 nitrogen and oxygen atoms in total. The van der Waals surface area contributed by atoms with Crippen LogP contribution in [0, 0.1) is 32.1 Å². The van der Waals surface area contributed by atoms with E-state index in [0.717, 1.165) is 22.4 Å². The van der Waals surface area contributed by atoms with E-state index in [0.29, 0.717) is 16.3 Å². The molecule has 1 amide bonds. The molecule has 0 aliphatic heterocycles. The normalized spacial score (nSPS) is 10.0. The Kier molecular flexibility index (Phi) is 5.25. The van der Waals surface area contributed by atoms with Gasteiger partial charge < -0.3 is 10.1 Å². The molecular weight excluding hydrogens is 312 g/mol. The lowest BCUT2D eigenvalue weighted by atomic mass is 10.1. The molecule has 0 heterocycles. The first-order valence-electron chi connectivity index (χ1n) is 7.11. The Morgan fingerprint density at radius 3 is 2.43 bits per heavy atom. The zero-order valence-electron chi connectivity index (χ0n) is 13.2. The smallest absolute Gasteiger partial charge is 0.262 e. The average molecular weight is 329 g/mol. The van der Waals surface area contributed by atoms with Gasteiger partial charge in [-0.2, -0.15) is 5.26 Å². The minimum atomic E-state index is -0.263. The topological polar surface area (TPSA) is 62.1 Å². The maximum Gasteiger partial charge on any atom is 0.262 e. The molecule has 0 radical (unpaired) electrons. The molecule has 2 aromatic rings. The van der Waals surface area contributed by atoms with Crippen molar-refractivity contribution < 1.29 is 9.53 Å². The van der Waals surface area contributed by atoms with Crippen LogP contribution in [0.15, 0.2) is 30.3 Å². The summed E-state index contributed by atoms with van der Waals surface area (Å²) in [5, 5.41) is 12.0. The molecule has 0 aromatic heterocycles. The number of amides is 1. The molecule has 0 aliphatic carbocycles. The highest BCUT2D eigenvalue weighted by Crippen LogP contribution is 2.25. The van der Waals surface area contributed by atoms with Gasteiger partial charge in [0.25, 0.3) is 5.91 Å². The minimum absolute atomic E-state index is 0.154. The standard InChI is InChI=1S/C18H17ClN2O2/c1-11-6-12(2)18(13(3)7-11)21-17(22)10-23-16-5-4-14(9-20)8-15(16)19/h4-8H,10H2,1-3H3,(H,21,22). The van der Waals surface area contributed by atoms with E-state index in [1.165, 1.54) is 6.07 Å². The highest BCUT2D eigenvalue weighted by molar-refractivity contribution is 6.32. The minimum Gasteiger partial charge on any atom is -0.482 e. The van der Waals surface area contributed by atoms with Crippen LogP contribution in [-0.4, -0.2) is 12.5 Å². The zero-order chi connectivity index (χ0) is 17.0. The number of halogens is 1. The molecule has 0 bridgehead atoms. The summed E-state index contributed by atoms with van der Waals surface area (Å²) in [6, 6.07) is 10.7. The van der Waals surface area contributed by atoms with Gasteiger partial charge in [-0.05, 0) is 50.1 Å². The molecule has 0 fully saturated rings. The molecule has 0 aliphatic rings. The summed E-state index contributed by atoms with van der Waals surface area (Å²) >= 11 is 6.01. The summed E-state index contributed by atoms with van der Waals surface area (Å²) in [7, 11) is 0. The molecule has 0 spiro atoms. The van der Waals surface area contributed by atoms with Crippen molar-refractivity contribution in [1.82, 2.24) is 0 Å². The number of carbonyl (C=O) groups excluding carboxylic acids is 1. The fourth-order valence-electron chi connectivity index (χ4n) is 2.38. The number of benzene rings is 2. The second-order valence-corrected chi connectivity index (χ2v) is 5.77. The van der Waals surface area contributed by atoms with Crippen LogP contribution >= 0.6 is 11.6 Å². The van der Waals surface area contributed by atoms with Gasteiger partial charge in [0.1, 0.15) is 5.75 Å². The van der Waals surface area contributed by atoms with Gasteiger partial charge in [-0.25, -0.2) is 0 Å². The predicted molar refractivity (Wildman–Crippen MR) is 90.9 cm³/mol. The van der Waals surface area contributed by atoms with Crippen molar-refractivity contribution in [1.29, 1.82) is 5.26 Å². The molecule has 0 unspecified atom stereocenters. The predicted octanol–water partition coefficient (Wildman–Crippen LogP) is 4.15. The number of rotatable bonds is 4. The molecule has 2 aromatic carbocycles. The van der Waals surface area contributed by atoms with Gasteiger partial charge in [-0.1, -0.05) is 29.3 Å².